The van der Waals surface area contributed by atoms with Crippen molar-refractivity contribution < 1.29 is 22.7 Å². The number of hydrogen-bond acceptors (Lipinski definition) is 5. The largest absolute Gasteiger partial charge is 0.454 e. The van der Waals surface area contributed by atoms with Crippen LogP contribution >= 0.6 is 0 Å². The number of carbonyl (C=O) groups excluding carboxylic acids is 1. The molecule has 0 saturated heterocycles. The van der Waals surface area contributed by atoms with Gasteiger partial charge in [0.2, 0.25) is 6.79 Å². The summed E-state index contributed by atoms with van der Waals surface area (Å²) in [6.07, 6.45) is 2.61. The van der Waals surface area contributed by atoms with Crippen molar-refractivity contribution in [3.63, 3.8) is 0 Å². The predicted octanol–water partition coefficient (Wildman–Crippen LogP) is 2.46. The molecule has 0 atom stereocenters. The number of amides is 1. The Morgan fingerprint density at radius 1 is 1.00 bits per heavy atom. The zero-order valence-electron chi connectivity index (χ0n) is 13.2. The van der Waals surface area contributed by atoms with Crippen molar-refractivity contribution in [3.8, 4) is 11.5 Å². The van der Waals surface area contributed by atoms with Crippen LogP contribution in [-0.4, -0.2) is 21.1 Å². The van der Waals surface area contributed by atoms with Crippen LogP contribution in [0.25, 0.3) is 6.08 Å². The molecule has 1 amide bonds. The monoisotopic (exact) mass is 357 g/mol. The molecule has 1 N–H and O–H groups in total. The number of sulfonamides is 1. The van der Waals surface area contributed by atoms with Crippen LogP contribution in [0.5, 0.6) is 11.5 Å². The Morgan fingerprint density at radius 2 is 1.80 bits per heavy atom. The molecule has 0 spiro atoms. The summed E-state index contributed by atoms with van der Waals surface area (Å²) in [5.41, 5.74) is 2.16. The third-order valence-corrected chi connectivity index (χ3v) is 5.69. The molecular weight excluding hydrogens is 342 g/mol. The minimum Gasteiger partial charge on any atom is -0.454 e. The minimum atomic E-state index is -3.90. The smallest absolute Gasteiger partial charge is 0.265 e. The first kappa shape index (κ1) is 15.7. The second-order valence-corrected chi connectivity index (χ2v) is 7.55. The Morgan fingerprint density at radius 3 is 2.68 bits per heavy atom. The molecule has 0 unspecified atom stereocenters. The highest BCUT2D eigenvalue weighted by molar-refractivity contribution is 7.94. The van der Waals surface area contributed by atoms with Crippen LogP contribution in [0.3, 0.4) is 0 Å². The predicted molar refractivity (Wildman–Crippen MR) is 91.7 cm³/mol. The molecule has 25 heavy (non-hydrogen) atoms. The van der Waals surface area contributed by atoms with E-state index in [1.807, 2.05) is 24.3 Å². The lowest BCUT2D eigenvalue weighted by Crippen LogP contribution is -2.32. The van der Waals surface area contributed by atoms with E-state index in [-0.39, 0.29) is 17.3 Å². The third-order valence-electron chi connectivity index (χ3n) is 4.22. The number of ether oxygens (including phenoxy) is 2. The van der Waals surface area contributed by atoms with E-state index in [0.29, 0.717) is 24.3 Å². The van der Waals surface area contributed by atoms with E-state index < -0.39 is 15.9 Å². The third kappa shape index (κ3) is 2.98. The number of aryl methyl sites for hydroxylation is 1. The fourth-order valence-electron chi connectivity index (χ4n) is 2.90. The summed E-state index contributed by atoms with van der Waals surface area (Å²) in [6.45, 7) is 0.0883. The molecule has 6 nitrogen and oxygen atoms in total. The topological polar surface area (TPSA) is 81.7 Å². The standard InChI is InChI=1S/C18H15NO5S/c20-18(14-6-8-16-17(10-14)24-11-23-16)19-25(21,22)15-7-5-12-3-1-2-4-13(12)9-15/h1-4,6,8-10H,5,7,11H2,(H,19,20). The Balaban J connectivity index is 1.58. The van der Waals surface area contributed by atoms with Gasteiger partial charge in [-0.2, -0.15) is 0 Å². The summed E-state index contributed by atoms with van der Waals surface area (Å²) in [7, 11) is -3.90. The van der Waals surface area contributed by atoms with Crippen LogP contribution in [0.1, 0.15) is 27.9 Å². The first-order valence-electron chi connectivity index (χ1n) is 7.78. The highest BCUT2D eigenvalue weighted by Crippen LogP contribution is 2.32. The Labute approximate surface area is 145 Å². The lowest BCUT2D eigenvalue weighted by atomic mass is 9.98. The average Bonchev–Trinajstić information content (AvgIpc) is 3.08. The number of fused-ring (bicyclic) bond motifs is 2. The van der Waals surface area contributed by atoms with E-state index >= 15 is 0 Å². The molecule has 2 aromatic carbocycles. The Kier molecular flexibility index (Phi) is 3.73. The number of rotatable bonds is 3. The molecule has 2 aliphatic rings. The summed E-state index contributed by atoms with van der Waals surface area (Å²) in [6, 6.07) is 12.2. The normalized spacial score (nSPS) is 15.3. The molecule has 0 bridgehead atoms. The van der Waals surface area contributed by atoms with E-state index in [1.165, 1.54) is 12.1 Å². The molecule has 2 aromatic rings. The molecule has 1 aliphatic heterocycles. The van der Waals surface area contributed by atoms with E-state index in [9.17, 15) is 13.2 Å². The van der Waals surface area contributed by atoms with Gasteiger partial charge in [0.05, 0.1) is 4.91 Å². The molecule has 7 heteroatoms. The lowest BCUT2D eigenvalue weighted by Gasteiger charge is -2.17. The number of benzene rings is 2. The van der Waals surface area contributed by atoms with Crippen molar-refractivity contribution in [2.24, 2.45) is 0 Å². The molecule has 1 aliphatic carbocycles. The maximum atomic E-state index is 12.6. The van der Waals surface area contributed by atoms with Crippen molar-refractivity contribution in [1.82, 2.24) is 4.72 Å². The first-order chi connectivity index (χ1) is 12.0. The van der Waals surface area contributed by atoms with Crippen molar-refractivity contribution in [3.05, 3.63) is 64.1 Å². The van der Waals surface area contributed by atoms with Gasteiger partial charge in [-0.3, -0.25) is 4.79 Å². The van der Waals surface area contributed by atoms with Crippen LogP contribution in [0.15, 0.2) is 47.4 Å². The van der Waals surface area contributed by atoms with Crippen LogP contribution in [0.4, 0.5) is 0 Å². The second-order valence-electron chi connectivity index (χ2n) is 5.81. The van der Waals surface area contributed by atoms with E-state index in [4.69, 9.17) is 9.47 Å². The van der Waals surface area contributed by atoms with Crippen molar-refractivity contribution >= 4 is 22.0 Å². The molecule has 0 fully saturated rings. The summed E-state index contributed by atoms with van der Waals surface area (Å²) in [4.78, 5) is 12.5. The zero-order chi connectivity index (χ0) is 17.4. The van der Waals surface area contributed by atoms with Gasteiger partial charge in [0.1, 0.15) is 0 Å². The van der Waals surface area contributed by atoms with Gasteiger partial charge < -0.3 is 9.47 Å². The fraction of sp³-hybridized carbons (Fsp3) is 0.167. The number of carbonyl (C=O) groups is 1. The maximum absolute atomic E-state index is 12.6. The SMILES string of the molecule is O=C(NS(=O)(=O)C1=Cc2ccccc2CC1)c1ccc2c(c1)OCO2. The summed E-state index contributed by atoms with van der Waals surface area (Å²) >= 11 is 0. The summed E-state index contributed by atoms with van der Waals surface area (Å²) < 4.78 is 37.6. The van der Waals surface area contributed by atoms with Crippen molar-refractivity contribution in [1.29, 1.82) is 0 Å². The van der Waals surface area contributed by atoms with E-state index in [0.717, 1.165) is 11.1 Å². The van der Waals surface area contributed by atoms with Gasteiger partial charge in [-0.15, -0.1) is 0 Å². The summed E-state index contributed by atoms with van der Waals surface area (Å²) in [5.74, 6) is 0.264. The molecule has 128 valence electrons. The average molecular weight is 357 g/mol. The van der Waals surface area contributed by atoms with Gasteiger partial charge >= 0.3 is 0 Å². The van der Waals surface area contributed by atoms with E-state index in [2.05, 4.69) is 4.72 Å². The van der Waals surface area contributed by atoms with Crippen LogP contribution in [0, 0.1) is 0 Å². The van der Waals surface area contributed by atoms with Crippen LogP contribution < -0.4 is 14.2 Å². The van der Waals surface area contributed by atoms with Gasteiger partial charge in [0.25, 0.3) is 15.9 Å². The Bertz CT molecular complexity index is 994. The van der Waals surface area contributed by atoms with Crippen LogP contribution in [0.2, 0.25) is 0 Å². The maximum Gasteiger partial charge on any atom is 0.265 e. The molecule has 1 heterocycles. The van der Waals surface area contributed by atoms with Gasteiger partial charge in [-0.25, -0.2) is 13.1 Å². The molecular formula is C18H15NO5S. The number of nitrogens with one attached hydrogen (secondary N) is 1. The fourth-order valence-corrected chi connectivity index (χ4v) is 4.05. The van der Waals surface area contributed by atoms with Gasteiger partial charge in [-0.1, -0.05) is 24.3 Å². The highest BCUT2D eigenvalue weighted by atomic mass is 32.2. The van der Waals surface area contributed by atoms with Crippen molar-refractivity contribution in [2.45, 2.75) is 12.8 Å². The van der Waals surface area contributed by atoms with Gasteiger partial charge in [-0.05, 0) is 48.2 Å². The van der Waals surface area contributed by atoms with Gasteiger partial charge in [0, 0.05) is 5.56 Å². The summed E-state index contributed by atoms with van der Waals surface area (Å²) in [5, 5.41) is 0. The van der Waals surface area contributed by atoms with Crippen molar-refractivity contribution in [2.75, 3.05) is 6.79 Å². The van der Waals surface area contributed by atoms with Crippen LogP contribution in [-0.2, 0) is 16.4 Å². The molecule has 0 radical (unpaired) electrons. The molecule has 0 aromatic heterocycles. The quantitative estimate of drug-likeness (QED) is 0.913. The molecule has 4 rings (SSSR count). The highest BCUT2D eigenvalue weighted by Gasteiger charge is 2.25. The van der Waals surface area contributed by atoms with Gasteiger partial charge in [0.15, 0.2) is 11.5 Å². The Hall–Kier alpha value is -2.80. The number of allylic oxidation sites excluding steroid dienone is 1. The zero-order valence-corrected chi connectivity index (χ0v) is 14.0. The lowest BCUT2D eigenvalue weighted by molar-refractivity contribution is 0.0981. The second kappa shape index (κ2) is 5.93. The van der Waals surface area contributed by atoms with E-state index in [1.54, 1.807) is 12.1 Å². The first-order valence-corrected chi connectivity index (χ1v) is 9.26. The molecule has 0 saturated carbocycles. The number of hydrogen-bond donors (Lipinski definition) is 1. The minimum absolute atomic E-state index is 0.0883.